The first-order valence-electron chi connectivity index (χ1n) is 7.34. The Morgan fingerprint density at radius 3 is 2.36 bits per heavy atom. The first-order valence-corrected chi connectivity index (χ1v) is 9.50. The molecule has 0 aliphatic carbocycles. The number of phenolic OH excluding ortho intramolecular Hbond substituents is 1. The van der Waals surface area contributed by atoms with E-state index in [0.717, 1.165) is 5.56 Å². The molecule has 1 aromatic carbocycles. The zero-order valence-corrected chi connectivity index (χ0v) is 18.3. The SMILES string of the molecule is CC(C)(C)OC(=O)N[C@@H](Cc1cc(I)c(O)c(I)c1)C(=O)NCC#N. The van der Waals surface area contributed by atoms with E-state index in [1.807, 2.05) is 51.3 Å². The number of amides is 2. The van der Waals surface area contributed by atoms with Crippen molar-refractivity contribution in [2.75, 3.05) is 6.54 Å². The fraction of sp³-hybridized carbons (Fsp3) is 0.438. The summed E-state index contributed by atoms with van der Waals surface area (Å²) < 4.78 is 6.48. The van der Waals surface area contributed by atoms with Gasteiger partial charge in [0.1, 0.15) is 23.9 Å². The van der Waals surface area contributed by atoms with Crippen molar-refractivity contribution >= 4 is 57.2 Å². The molecular formula is C16H19I2N3O4. The summed E-state index contributed by atoms with van der Waals surface area (Å²) in [5, 5.41) is 23.4. The Hall–Kier alpha value is -1.29. The number of carbonyl (C=O) groups excluding carboxylic acids is 2. The van der Waals surface area contributed by atoms with Crippen molar-refractivity contribution in [3.05, 3.63) is 24.8 Å². The molecule has 0 spiro atoms. The van der Waals surface area contributed by atoms with Crippen LogP contribution in [0, 0.1) is 18.5 Å². The van der Waals surface area contributed by atoms with Crippen LogP contribution >= 0.6 is 45.2 Å². The number of phenols is 1. The third-order valence-electron chi connectivity index (χ3n) is 2.87. The van der Waals surface area contributed by atoms with E-state index < -0.39 is 23.6 Å². The monoisotopic (exact) mass is 571 g/mol. The lowest BCUT2D eigenvalue weighted by Gasteiger charge is -2.23. The average Bonchev–Trinajstić information content (AvgIpc) is 2.47. The van der Waals surface area contributed by atoms with Gasteiger partial charge in [0.05, 0.1) is 13.2 Å². The summed E-state index contributed by atoms with van der Waals surface area (Å²) in [6.45, 7) is 5.02. The highest BCUT2D eigenvalue weighted by atomic mass is 127. The van der Waals surface area contributed by atoms with Crippen molar-refractivity contribution in [2.45, 2.75) is 38.8 Å². The number of carbonyl (C=O) groups is 2. The van der Waals surface area contributed by atoms with Crippen molar-refractivity contribution in [3.63, 3.8) is 0 Å². The van der Waals surface area contributed by atoms with E-state index in [9.17, 15) is 14.7 Å². The number of hydrogen-bond acceptors (Lipinski definition) is 5. The van der Waals surface area contributed by atoms with Crippen molar-refractivity contribution < 1.29 is 19.4 Å². The average molecular weight is 571 g/mol. The highest BCUT2D eigenvalue weighted by molar-refractivity contribution is 14.1. The smallest absolute Gasteiger partial charge is 0.408 e. The molecule has 9 heteroatoms. The molecule has 2 amide bonds. The highest BCUT2D eigenvalue weighted by Crippen LogP contribution is 2.27. The van der Waals surface area contributed by atoms with Gasteiger partial charge in [-0.25, -0.2) is 4.79 Å². The van der Waals surface area contributed by atoms with Crippen LogP contribution in [0.3, 0.4) is 0 Å². The molecule has 0 fully saturated rings. The maximum absolute atomic E-state index is 12.3. The molecule has 0 saturated carbocycles. The maximum atomic E-state index is 12.3. The van der Waals surface area contributed by atoms with Crippen LogP contribution in [0.25, 0.3) is 0 Å². The van der Waals surface area contributed by atoms with Gasteiger partial charge in [0.25, 0.3) is 0 Å². The number of nitrogens with one attached hydrogen (secondary N) is 2. The summed E-state index contributed by atoms with van der Waals surface area (Å²) in [7, 11) is 0. The van der Waals surface area contributed by atoms with Gasteiger partial charge in [0.15, 0.2) is 0 Å². The Labute approximate surface area is 173 Å². The fourth-order valence-corrected chi connectivity index (χ4v) is 3.78. The van der Waals surface area contributed by atoms with Gasteiger partial charge in [-0.2, -0.15) is 5.26 Å². The minimum Gasteiger partial charge on any atom is -0.506 e. The fourth-order valence-electron chi connectivity index (χ4n) is 1.88. The second-order valence-electron chi connectivity index (χ2n) is 6.19. The first-order chi connectivity index (χ1) is 11.5. The Bertz CT molecular complexity index is 673. The predicted octanol–water partition coefficient (Wildman–Crippen LogP) is 2.68. The third kappa shape index (κ3) is 7.64. The molecule has 0 unspecified atom stereocenters. The molecule has 7 nitrogen and oxygen atoms in total. The van der Waals surface area contributed by atoms with Crippen molar-refractivity contribution in [1.29, 1.82) is 5.26 Å². The van der Waals surface area contributed by atoms with Gasteiger partial charge in [0.2, 0.25) is 5.91 Å². The van der Waals surface area contributed by atoms with Crippen LogP contribution in [0.2, 0.25) is 0 Å². The van der Waals surface area contributed by atoms with Crippen molar-refractivity contribution in [3.8, 4) is 11.8 Å². The van der Waals surface area contributed by atoms with E-state index in [2.05, 4.69) is 10.6 Å². The van der Waals surface area contributed by atoms with E-state index in [-0.39, 0.29) is 18.7 Å². The van der Waals surface area contributed by atoms with Gasteiger partial charge in [-0.05, 0) is 83.6 Å². The Morgan fingerprint density at radius 2 is 1.88 bits per heavy atom. The summed E-state index contributed by atoms with van der Waals surface area (Å²) in [5.41, 5.74) is 0.0703. The number of nitriles is 1. The number of benzene rings is 1. The molecule has 0 bridgehead atoms. The number of hydrogen-bond donors (Lipinski definition) is 3. The van der Waals surface area contributed by atoms with Gasteiger partial charge in [-0.15, -0.1) is 0 Å². The topological polar surface area (TPSA) is 111 Å². The van der Waals surface area contributed by atoms with Gasteiger partial charge in [-0.3, -0.25) is 4.79 Å². The molecule has 0 aromatic heterocycles. The number of ether oxygens (including phenoxy) is 1. The number of aromatic hydroxyl groups is 1. The molecule has 0 radical (unpaired) electrons. The van der Waals surface area contributed by atoms with Crippen LogP contribution in [0.5, 0.6) is 5.75 Å². The van der Waals surface area contributed by atoms with Crippen LogP contribution in [-0.2, 0) is 16.0 Å². The molecule has 0 aliphatic rings. The zero-order valence-electron chi connectivity index (χ0n) is 14.0. The van der Waals surface area contributed by atoms with Gasteiger partial charge < -0.3 is 20.5 Å². The van der Waals surface area contributed by atoms with E-state index >= 15 is 0 Å². The van der Waals surface area contributed by atoms with E-state index in [1.54, 1.807) is 32.9 Å². The molecular weight excluding hydrogens is 552 g/mol. The number of nitrogens with zero attached hydrogens (tertiary/aromatic N) is 1. The molecule has 1 aromatic rings. The lowest BCUT2D eigenvalue weighted by molar-refractivity contribution is -0.122. The molecule has 136 valence electrons. The van der Waals surface area contributed by atoms with Crippen molar-refractivity contribution in [2.24, 2.45) is 0 Å². The molecule has 0 heterocycles. The highest BCUT2D eigenvalue weighted by Gasteiger charge is 2.25. The quantitative estimate of drug-likeness (QED) is 0.372. The zero-order chi connectivity index (χ0) is 19.2. The van der Waals surface area contributed by atoms with Gasteiger partial charge in [-0.1, -0.05) is 0 Å². The minimum absolute atomic E-state index is 0.157. The van der Waals surface area contributed by atoms with Crippen molar-refractivity contribution in [1.82, 2.24) is 10.6 Å². The molecule has 25 heavy (non-hydrogen) atoms. The standard InChI is InChI=1S/C16H19I2N3O4/c1-16(2,3)25-15(24)21-12(14(23)20-5-4-19)8-9-6-10(17)13(22)11(18)7-9/h6-7,12,22H,5,8H2,1-3H3,(H,20,23)(H,21,24)/t12-/m0/s1. The summed E-state index contributed by atoms with van der Waals surface area (Å²) >= 11 is 3.99. The predicted molar refractivity (Wildman–Crippen MR) is 109 cm³/mol. The lowest BCUT2D eigenvalue weighted by Crippen LogP contribution is -2.49. The molecule has 3 N–H and O–H groups in total. The molecule has 1 atom stereocenters. The molecule has 0 saturated heterocycles. The van der Waals surface area contributed by atoms with Crippen LogP contribution in [0.15, 0.2) is 12.1 Å². The Balaban J connectivity index is 2.97. The second kappa shape index (κ2) is 9.42. The first kappa shape index (κ1) is 21.8. The minimum atomic E-state index is -0.903. The van der Waals surface area contributed by atoms with Crippen LogP contribution in [0.4, 0.5) is 4.79 Å². The third-order valence-corrected chi connectivity index (χ3v) is 4.51. The van der Waals surface area contributed by atoms with E-state index in [1.165, 1.54) is 0 Å². The number of alkyl carbamates (subject to hydrolysis) is 1. The number of rotatable bonds is 5. The van der Waals surface area contributed by atoms with E-state index in [4.69, 9.17) is 10.00 Å². The van der Waals surface area contributed by atoms with Crippen LogP contribution < -0.4 is 10.6 Å². The summed E-state index contributed by atoms with van der Waals surface area (Å²) in [6.07, 6.45) is -0.518. The van der Waals surface area contributed by atoms with E-state index in [0.29, 0.717) is 7.14 Å². The lowest BCUT2D eigenvalue weighted by atomic mass is 10.1. The van der Waals surface area contributed by atoms with Crippen LogP contribution in [0.1, 0.15) is 26.3 Å². The van der Waals surface area contributed by atoms with Gasteiger partial charge >= 0.3 is 6.09 Å². The number of halogens is 2. The summed E-state index contributed by atoms with van der Waals surface area (Å²) in [6, 6.07) is 4.39. The summed E-state index contributed by atoms with van der Waals surface area (Å²) in [5.74, 6) is -0.305. The Kier molecular flexibility index (Phi) is 8.20. The van der Waals surface area contributed by atoms with Gasteiger partial charge in [0, 0.05) is 6.42 Å². The van der Waals surface area contributed by atoms with Crippen LogP contribution in [-0.4, -0.2) is 35.3 Å². The second-order valence-corrected chi connectivity index (χ2v) is 8.51. The summed E-state index contributed by atoms with van der Waals surface area (Å²) in [4.78, 5) is 24.3. The normalized spacial score (nSPS) is 12.0. The Morgan fingerprint density at radius 1 is 1.32 bits per heavy atom. The molecule has 1 rings (SSSR count). The largest absolute Gasteiger partial charge is 0.506 e. The molecule has 0 aliphatic heterocycles. The maximum Gasteiger partial charge on any atom is 0.408 e.